The Kier molecular flexibility index (Phi) is 6.10. The van der Waals surface area contributed by atoms with Gasteiger partial charge in [0.2, 0.25) is 0 Å². The highest BCUT2D eigenvalue weighted by Gasteiger charge is 2.23. The van der Waals surface area contributed by atoms with Crippen LogP contribution in [-0.4, -0.2) is 9.13 Å². The highest BCUT2D eigenvalue weighted by molar-refractivity contribution is 6.26. The standard InChI is InChI=1S/C50H26N4O2/c51-27-29-17-19-31(53-41-13-5-1-9-33(41)35-21-23-45-47(49(35)53)37-11-3-7-15-43(37)55-45)25-39(29)40-26-32(20-18-30(40)28-52)54-42-14-6-2-10-34(42)36-22-24-46-48(50(36)54)38-12-4-8-16-44(38)56-46/h1-26H. The Labute approximate surface area is 318 Å². The van der Waals surface area contributed by atoms with E-state index in [4.69, 9.17) is 8.83 Å². The van der Waals surface area contributed by atoms with Crippen LogP contribution in [0.3, 0.4) is 0 Å². The van der Waals surface area contributed by atoms with Crippen molar-refractivity contribution in [2.45, 2.75) is 0 Å². The van der Waals surface area contributed by atoms with Crippen LogP contribution in [0.5, 0.6) is 0 Å². The van der Waals surface area contributed by atoms with Crippen LogP contribution >= 0.6 is 0 Å². The Morgan fingerprint density at radius 2 is 0.786 bits per heavy atom. The summed E-state index contributed by atoms with van der Waals surface area (Å²) < 4.78 is 17.3. The molecule has 4 heterocycles. The number of hydrogen-bond donors (Lipinski definition) is 0. The molecule has 4 aromatic heterocycles. The maximum atomic E-state index is 10.6. The Morgan fingerprint density at radius 1 is 0.375 bits per heavy atom. The van der Waals surface area contributed by atoms with E-state index in [-0.39, 0.29) is 0 Å². The number of furan rings is 2. The van der Waals surface area contributed by atoms with Gasteiger partial charge in [-0.3, -0.25) is 0 Å². The summed E-state index contributed by atoms with van der Waals surface area (Å²) in [5, 5.41) is 29.8. The first kappa shape index (κ1) is 30.4. The molecule has 0 aliphatic carbocycles. The molecule has 0 spiro atoms. The number of para-hydroxylation sites is 4. The first-order valence-electron chi connectivity index (χ1n) is 18.5. The minimum absolute atomic E-state index is 0.479. The van der Waals surface area contributed by atoms with Crippen LogP contribution in [0.2, 0.25) is 0 Å². The zero-order valence-electron chi connectivity index (χ0n) is 29.6. The third-order valence-electron chi connectivity index (χ3n) is 11.4. The third kappa shape index (κ3) is 4.02. The molecule has 0 aliphatic rings. The summed E-state index contributed by atoms with van der Waals surface area (Å²) in [6, 6.07) is 58.2. The molecule has 0 amide bonds. The van der Waals surface area contributed by atoms with Crippen LogP contribution in [0.4, 0.5) is 0 Å². The monoisotopic (exact) mass is 714 g/mol. The number of nitriles is 2. The topological polar surface area (TPSA) is 83.7 Å². The van der Waals surface area contributed by atoms with Gasteiger partial charge in [0.25, 0.3) is 0 Å². The van der Waals surface area contributed by atoms with E-state index in [0.29, 0.717) is 22.3 Å². The number of aromatic nitrogens is 2. The molecule has 0 aliphatic heterocycles. The quantitative estimate of drug-likeness (QED) is 0.182. The average Bonchev–Trinajstić information content (AvgIpc) is 4.00. The number of hydrogen-bond acceptors (Lipinski definition) is 4. The van der Waals surface area contributed by atoms with E-state index in [1.54, 1.807) is 0 Å². The van der Waals surface area contributed by atoms with Crippen LogP contribution in [0, 0.1) is 22.7 Å². The van der Waals surface area contributed by atoms with Gasteiger partial charge in [-0.05, 0) is 84.9 Å². The second-order valence-electron chi connectivity index (χ2n) is 14.3. The Hall–Kier alpha value is -8.06. The van der Waals surface area contributed by atoms with E-state index in [2.05, 4.69) is 118 Å². The van der Waals surface area contributed by atoms with Gasteiger partial charge in [0.05, 0.1) is 56.1 Å². The van der Waals surface area contributed by atoms with Gasteiger partial charge < -0.3 is 18.0 Å². The van der Waals surface area contributed by atoms with E-state index in [0.717, 1.165) is 98.9 Å². The first-order valence-corrected chi connectivity index (χ1v) is 18.5. The van der Waals surface area contributed by atoms with Gasteiger partial charge in [0, 0.05) is 54.8 Å². The van der Waals surface area contributed by atoms with Gasteiger partial charge >= 0.3 is 0 Å². The minimum atomic E-state index is 0.479. The predicted molar refractivity (Wildman–Crippen MR) is 225 cm³/mol. The zero-order valence-corrected chi connectivity index (χ0v) is 29.6. The predicted octanol–water partition coefficient (Wildman–Crippen LogP) is 13.1. The molecular formula is C50H26N4O2. The largest absolute Gasteiger partial charge is 0.456 e. The molecule has 0 saturated carbocycles. The number of fused-ring (bicyclic) bond motifs is 14. The molecule has 56 heavy (non-hydrogen) atoms. The molecule has 0 saturated heterocycles. The van der Waals surface area contributed by atoms with E-state index >= 15 is 0 Å². The fraction of sp³-hybridized carbons (Fsp3) is 0. The van der Waals surface area contributed by atoms with Gasteiger partial charge in [-0.1, -0.05) is 72.8 Å². The highest BCUT2D eigenvalue weighted by Crippen LogP contribution is 2.44. The zero-order chi connectivity index (χ0) is 37.1. The summed E-state index contributed by atoms with van der Waals surface area (Å²) in [4.78, 5) is 0. The molecule has 0 bridgehead atoms. The normalized spacial score (nSPS) is 11.9. The Morgan fingerprint density at radius 3 is 1.23 bits per heavy atom. The Balaban J connectivity index is 1.16. The van der Waals surface area contributed by atoms with Crippen molar-refractivity contribution in [3.05, 3.63) is 169 Å². The lowest BCUT2D eigenvalue weighted by Gasteiger charge is -2.15. The van der Waals surface area contributed by atoms with E-state index in [9.17, 15) is 10.5 Å². The summed E-state index contributed by atoms with van der Waals surface area (Å²) in [5.41, 5.74) is 11.5. The second kappa shape index (κ2) is 11.2. The van der Waals surface area contributed by atoms with Gasteiger partial charge in [-0.2, -0.15) is 10.5 Å². The summed E-state index contributed by atoms with van der Waals surface area (Å²) in [6.45, 7) is 0. The van der Waals surface area contributed by atoms with Crippen molar-refractivity contribution in [2.24, 2.45) is 0 Å². The van der Waals surface area contributed by atoms with Crippen LogP contribution in [0.25, 0.3) is 110 Å². The van der Waals surface area contributed by atoms with Gasteiger partial charge in [-0.25, -0.2) is 0 Å². The molecular weight excluding hydrogens is 689 g/mol. The SMILES string of the molecule is N#Cc1ccc(-n2c3ccccc3c3ccc4oc5ccccc5c4c32)cc1-c1cc(-n2c3ccccc3c3ccc4oc5ccccc5c4c32)ccc1C#N. The summed E-state index contributed by atoms with van der Waals surface area (Å²) in [6.07, 6.45) is 0. The number of nitrogens with zero attached hydrogens (tertiary/aromatic N) is 4. The molecule has 0 unspecified atom stereocenters. The molecule has 6 nitrogen and oxygen atoms in total. The van der Waals surface area contributed by atoms with Crippen molar-refractivity contribution < 1.29 is 8.83 Å². The fourth-order valence-electron chi connectivity index (χ4n) is 9.05. The molecule has 258 valence electrons. The molecule has 6 heteroatoms. The maximum Gasteiger partial charge on any atom is 0.137 e. The van der Waals surface area contributed by atoms with E-state index < -0.39 is 0 Å². The summed E-state index contributed by atoms with van der Waals surface area (Å²) >= 11 is 0. The molecule has 0 atom stereocenters. The maximum absolute atomic E-state index is 10.6. The van der Waals surface area contributed by atoms with Crippen molar-refractivity contribution in [3.63, 3.8) is 0 Å². The second-order valence-corrected chi connectivity index (χ2v) is 14.3. The van der Waals surface area contributed by atoms with Crippen molar-refractivity contribution in [1.82, 2.24) is 9.13 Å². The van der Waals surface area contributed by atoms with E-state index in [1.165, 1.54) is 0 Å². The van der Waals surface area contributed by atoms with Gasteiger partial charge in [-0.15, -0.1) is 0 Å². The van der Waals surface area contributed by atoms with Crippen molar-refractivity contribution >= 4 is 87.5 Å². The van der Waals surface area contributed by atoms with Crippen LogP contribution < -0.4 is 0 Å². The van der Waals surface area contributed by atoms with Crippen molar-refractivity contribution in [3.8, 4) is 34.6 Å². The summed E-state index contributed by atoms with van der Waals surface area (Å²) in [7, 11) is 0. The highest BCUT2D eigenvalue weighted by atomic mass is 16.3. The molecule has 8 aromatic carbocycles. The van der Waals surface area contributed by atoms with Gasteiger partial charge in [0.15, 0.2) is 0 Å². The van der Waals surface area contributed by atoms with Crippen LogP contribution in [0.15, 0.2) is 167 Å². The lowest BCUT2D eigenvalue weighted by molar-refractivity contribution is 0.669. The average molecular weight is 715 g/mol. The van der Waals surface area contributed by atoms with Gasteiger partial charge in [0.1, 0.15) is 22.3 Å². The smallest absolute Gasteiger partial charge is 0.137 e. The molecule has 12 rings (SSSR count). The van der Waals surface area contributed by atoms with Crippen molar-refractivity contribution in [1.29, 1.82) is 10.5 Å². The molecule has 0 N–H and O–H groups in total. The molecule has 0 radical (unpaired) electrons. The number of benzene rings is 8. The third-order valence-corrected chi connectivity index (χ3v) is 11.4. The molecule has 12 aromatic rings. The van der Waals surface area contributed by atoms with Crippen LogP contribution in [-0.2, 0) is 0 Å². The lowest BCUT2D eigenvalue weighted by Crippen LogP contribution is -1.99. The first-order chi connectivity index (χ1) is 27.7. The number of rotatable bonds is 3. The fourth-order valence-corrected chi connectivity index (χ4v) is 9.05. The van der Waals surface area contributed by atoms with E-state index in [1.807, 2.05) is 60.7 Å². The van der Waals surface area contributed by atoms with Crippen LogP contribution in [0.1, 0.15) is 11.1 Å². The van der Waals surface area contributed by atoms with Crippen molar-refractivity contribution in [2.75, 3.05) is 0 Å². The lowest BCUT2D eigenvalue weighted by atomic mass is 9.95. The molecule has 0 fully saturated rings. The minimum Gasteiger partial charge on any atom is -0.456 e. The Bertz CT molecular complexity index is 3500. The summed E-state index contributed by atoms with van der Waals surface area (Å²) in [5.74, 6) is 0.